The summed E-state index contributed by atoms with van der Waals surface area (Å²) in [6.45, 7) is 4.10. The Morgan fingerprint density at radius 2 is 1.67 bits per heavy atom. The minimum atomic E-state index is -0.181. The molecular weight excluding hydrogens is 230 g/mol. The minimum absolute atomic E-state index is 0.181. The van der Waals surface area contributed by atoms with Gasteiger partial charge in [0.25, 0.3) is 0 Å². The molecule has 0 saturated carbocycles. The van der Waals surface area contributed by atoms with Crippen LogP contribution in [-0.2, 0) is 4.74 Å². The monoisotopic (exact) mass is 257 g/mol. The van der Waals surface area contributed by atoms with Gasteiger partial charge in [-0.05, 0) is 52.2 Å². The van der Waals surface area contributed by atoms with E-state index >= 15 is 0 Å². The van der Waals surface area contributed by atoms with Crippen LogP contribution in [-0.4, -0.2) is 62.3 Å². The van der Waals surface area contributed by atoms with Crippen molar-refractivity contribution in [3.63, 3.8) is 0 Å². The Hall–Kier alpha value is -0.810. The van der Waals surface area contributed by atoms with Gasteiger partial charge in [0.2, 0.25) is 0 Å². The zero-order valence-corrected chi connectivity index (χ0v) is 11.7. The van der Waals surface area contributed by atoms with Crippen molar-refractivity contribution in [3.05, 3.63) is 0 Å². The van der Waals surface area contributed by atoms with E-state index in [0.717, 1.165) is 25.9 Å². The first-order valence-corrected chi connectivity index (χ1v) is 6.90. The highest BCUT2D eigenvalue weighted by Gasteiger charge is 2.15. The summed E-state index contributed by atoms with van der Waals surface area (Å²) in [6.07, 6.45) is 5.66. The van der Waals surface area contributed by atoms with E-state index < -0.39 is 0 Å². The first kappa shape index (κ1) is 15.2. The average Bonchev–Trinajstić information content (AvgIpc) is 2.43. The van der Waals surface area contributed by atoms with E-state index in [1.54, 1.807) is 4.90 Å². The fourth-order valence-corrected chi connectivity index (χ4v) is 2.23. The first-order chi connectivity index (χ1) is 8.63. The molecule has 0 aromatic heterocycles. The number of methoxy groups -OCH3 is 1. The lowest BCUT2D eigenvalue weighted by Crippen LogP contribution is -2.37. The van der Waals surface area contributed by atoms with Crippen LogP contribution >= 0.6 is 0 Å². The molecule has 106 valence electrons. The third-order valence-corrected chi connectivity index (χ3v) is 3.55. The molecular formula is C13H27N3O2. The standard InChI is InChI=1S/C7H13NO2.C6H14N2/c1-10-7(9)8-5-3-2-4-6-8;1-8-4-2-6(7)3-5-8/h2-6H2,1H3;6H,2-5,7H2,1H3. The van der Waals surface area contributed by atoms with E-state index in [9.17, 15) is 4.79 Å². The van der Waals surface area contributed by atoms with E-state index in [1.807, 2.05) is 0 Å². The van der Waals surface area contributed by atoms with E-state index in [2.05, 4.69) is 16.7 Å². The Morgan fingerprint density at radius 1 is 1.11 bits per heavy atom. The second kappa shape index (κ2) is 8.32. The second-order valence-electron chi connectivity index (χ2n) is 5.16. The topological polar surface area (TPSA) is 58.8 Å². The van der Waals surface area contributed by atoms with Crippen molar-refractivity contribution >= 4 is 6.09 Å². The fraction of sp³-hybridized carbons (Fsp3) is 0.923. The molecule has 0 bridgehead atoms. The molecule has 0 unspecified atom stereocenters. The maximum Gasteiger partial charge on any atom is 0.409 e. The lowest BCUT2D eigenvalue weighted by molar-refractivity contribution is 0.115. The lowest BCUT2D eigenvalue weighted by Gasteiger charge is -2.25. The van der Waals surface area contributed by atoms with Crippen LogP contribution in [0.1, 0.15) is 32.1 Å². The van der Waals surface area contributed by atoms with Gasteiger partial charge in [0.05, 0.1) is 7.11 Å². The second-order valence-corrected chi connectivity index (χ2v) is 5.16. The maximum absolute atomic E-state index is 10.9. The Morgan fingerprint density at radius 3 is 2.11 bits per heavy atom. The number of rotatable bonds is 0. The van der Waals surface area contributed by atoms with E-state index in [0.29, 0.717) is 6.04 Å². The predicted octanol–water partition coefficient (Wildman–Crippen LogP) is 1.28. The Kier molecular flexibility index (Phi) is 7.05. The Labute approximate surface area is 110 Å². The molecule has 2 aliphatic rings. The average molecular weight is 257 g/mol. The summed E-state index contributed by atoms with van der Waals surface area (Å²) in [5, 5.41) is 0. The maximum atomic E-state index is 10.9. The smallest absolute Gasteiger partial charge is 0.409 e. The highest BCUT2D eigenvalue weighted by atomic mass is 16.5. The van der Waals surface area contributed by atoms with Crippen LogP contribution in [0.4, 0.5) is 4.79 Å². The molecule has 5 nitrogen and oxygen atoms in total. The van der Waals surface area contributed by atoms with E-state index in [-0.39, 0.29) is 6.09 Å². The molecule has 2 heterocycles. The van der Waals surface area contributed by atoms with Crippen molar-refractivity contribution in [2.75, 3.05) is 40.3 Å². The zero-order valence-electron chi connectivity index (χ0n) is 11.7. The summed E-state index contributed by atoms with van der Waals surface area (Å²) in [5.74, 6) is 0. The number of piperidine rings is 2. The van der Waals surface area contributed by atoms with E-state index in [1.165, 1.54) is 39.5 Å². The SMILES string of the molecule is CN1CCC(N)CC1.COC(=O)N1CCCCC1. The van der Waals surface area contributed by atoms with Gasteiger partial charge in [-0.2, -0.15) is 0 Å². The third kappa shape index (κ3) is 5.69. The summed E-state index contributed by atoms with van der Waals surface area (Å²) < 4.78 is 4.58. The van der Waals surface area contributed by atoms with Crippen LogP contribution < -0.4 is 5.73 Å². The molecule has 2 rings (SSSR count). The molecule has 2 N–H and O–H groups in total. The molecule has 18 heavy (non-hydrogen) atoms. The number of ether oxygens (including phenoxy) is 1. The Bertz CT molecular complexity index is 224. The molecule has 2 fully saturated rings. The predicted molar refractivity (Wildman–Crippen MR) is 72.5 cm³/mol. The van der Waals surface area contributed by atoms with Crippen LogP contribution in [0, 0.1) is 0 Å². The molecule has 5 heteroatoms. The third-order valence-electron chi connectivity index (χ3n) is 3.55. The van der Waals surface area contributed by atoms with Crippen molar-refractivity contribution in [3.8, 4) is 0 Å². The number of carbonyl (C=O) groups excluding carboxylic acids is 1. The molecule has 2 saturated heterocycles. The minimum Gasteiger partial charge on any atom is -0.453 e. The van der Waals surface area contributed by atoms with Gasteiger partial charge in [0.1, 0.15) is 0 Å². The zero-order chi connectivity index (χ0) is 13.4. The van der Waals surface area contributed by atoms with Gasteiger partial charge < -0.3 is 20.3 Å². The lowest BCUT2D eigenvalue weighted by atomic mass is 10.1. The van der Waals surface area contributed by atoms with Gasteiger partial charge in [-0.15, -0.1) is 0 Å². The van der Waals surface area contributed by atoms with Crippen molar-refractivity contribution < 1.29 is 9.53 Å². The summed E-state index contributed by atoms with van der Waals surface area (Å²) >= 11 is 0. The Balaban J connectivity index is 0.000000184. The number of nitrogens with zero attached hydrogens (tertiary/aromatic N) is 2. The molecule has 0 spiro atoms. The highest BCUT2D eigenvalue weighted by Crippen LogP contribution is 2.08. The molecule has 0 aromatic rings. The number of hydrogen-bond acceptors (Lipinski definition) is 4. The largest absolute Gasteiger partial charge is 0.453 e. The van der Waals surface area contributed by atoms with Gasteiger partial charge in [0, 0.05) is 19.1 Å². The van der Waals surface area contributed by atoms with Gasteiger partial charge in [-0.25, -0.2) is 4.79 Å². The number of nitrogens with two attached hydrogens (primary N) is 1. The van der Waals surface area contributed by atoms with Crippen LogP contribution in [0.15, 0.2) is 0 Å². The van der Waals surface area contributed by atoms with Crippen molar-refractivity contribution in [2.45, 2.75) is 38.1 Å². The van der Waals surface area contributed by atoms with Crippen LogP contribution in [0.3, 0.4) is 0 Å². The summed E-state index contributed by atoms with van der Waals surface area (Å²) in [4.78, 5) is 14.9. The molecule has 0 aromatic carbocycles. The van der Waals surface area contributed by atoms with Crippen LogP contribution in [0.2, 0.25) is 0 Å². The van der Waals surface area contributed by atoms with Crippen molar-refractivity contribution in [1.29, 1.82) is 0 Å². The van der Waals surface area contributed by atoms with Crippen molar-refractivity contribution in [2.24, 2.45) is 5.73 Å². The number of likely N-dealkylation sites (tertiary alicyclic amines) is 2. The number of carbonyl (C=O) groups is 1. The fourth-order valence-electron chi connectivity index (χ4n) is 2.23. The van der Waals surface area contributed by atoms with E-state index in [4.69, 9.17) is 5.73 Å². The number of hydrogen-bond donors (Lipinski definition) is 1. The van der Waals surface area contributed by atoms with Gasteiger partial charge in [-0.3, -0.25) is 0 Å². The van der Waals surface area contributed by atoms with Crippen LogP contribution in [0.25, 0.3) is 0 Å². The van der Waals surface area contributed by atoms with Gasteiger partial charge in [-0.1, -0.05) is 0 Å². The van der Waals surface area contributed by atoms with Crippen LogP contribution in [0.5, 0.6) is 0 Å². The summed E-state index contributed by atoms with van der Waals surface area (Å²) in [5.41, 5.74) is 5.67. The number of amides is 1. The molecule has 1 amide bonds. The van der Waals surface area contributed by atoms with Crippen molar-refractivity contribution in [1.82, 2.24) is 9.80 Å². The first-order valence-electron chi connectivity index (χ1n) is 6.90. The summed E-state index contributed by atoms with van der Waals surface area (Å²) in [6, 6.07) is 0.478. The van der Waals surface area contributed by atoms with Gasteiger partial charge >= 0.3 is 6.09 Å². The van der Waals surface area contributed by atoms with Gasteiger partial charge in [0.15, 0.2) is 0 Å². The highest BCUT2D eigenvalue weighted by molar-refractivity contribution is 5.67. The molecule has 0 radical (unpaired) electrons. The molecule has 0 atom stereocenters. The normalized spacial score (nSPS) is 22.1. The quantitative estimate of drug-likeness (QED) is 0.710. The summed E-state index contributed by atoms with van der Waals surface area (Å²) in [7, 11) is 3.57. The molecule has 0 aliphatic carbocycles. The molecule has 2 aliphatic heterocycles.